The molecular weight excluding hydrogens is 248 g/mol. The van der Waals surface area contributed by atoms with Crippen molar-refractivity contribution < 1.29 is 13.5 Å². The third kappa shape index (κ3) is 4.78. The lowest BCUT2D eigenvalue weighted by atomic mass is 9.89. The van der Waals surface area contributed by atoms with Gasteiger partial charge in [0.15, 0.2) is 11.6 Å². The van der Waals surface area contributed by atoms with Crippen LogP contribution in [0.2, 0.25) is 0 Å². The molecule has 0 bridgehead atoms. The first-order chi connectivity index (χ1) is 9.25. The van der Waals surface area contributed by atoms with E-state index in [1.165, 1.54) is 32.1 Å². The Morgan fingerprint density at radius 3 is 2.74 bits per heavy atom. The Labute approximate surface area is 113 Å². The van der Waals surface area contributed by atoms with E-state index in [-0.39, 0.29) is 5.75 Å². The molecule has 0 atom stereocenters. The maximum absolute atomic E-state index is 13.3. The maximum atomic E-state index is 13.3. The minimum absolute atomic E-state index is 0.0144. The summed E-state index contributed by atoms with van der Waals surface area (Å²) in [6, 6.07) is 3.25. The fourth-order valence-electron chi connectivity index (χ4n) is 2.52. The zero-order valence-electron chi connectivity index (χ0n) is 11.1. The Morgan fingerprint density at radius 1 is 1.16 bits per heavy atom. The van der Waals surface area contributed by atoms with Crippen LogP contribution in [0.1, 0.15) is 32.1 Å². The summed E-state index contributed by atoms with van der Waals surface area (Å²) in [5.74, 6) is -0.251. The summed E-state index contributed by atoms with van der Waals surface area (Å²) in [7, 11) is 0. The van der Waals surface area contributed by atoms with E-state index in [4.69, 9.17) is 4.74 Å². The van der Waals surface area contributed by atoms with Gasteiger partial charge in [0.2, 0.25) is 0 Å². The molecule has 0 saturated heterocycles. The van der Waals surface area contributed by atoms with Crippen molar-refractivity contribution >= 4 is 0 Å². The van der Waals surface area contributed by atoms with E-state index in [2.05, 4.69) is 5.32 Å². The predicted octanol–water partition coefficient (Wildman–Crippen LogP) is 3.51. The van der Waals surface area contributed by atoms with Crippen LogP contribution < -0.4 is 10.1 Å². The van der Waals surface area contributed by atoms with Crippen LogP contribution in [-0.2, 0) is 0 Å². The Hall–Kier alpha value is -1.16. The summed E-state index contributed by atoms with van der Waals surface area (Å²) in [6.07, 6.45) is 6.62. The molecule has 0 aromatic heterocycles. The normalized spacial score (nSPS) is 16.5. The second-order valence-corrected chi connectivity index (χ2v) is 5.13. The summed E-state index contributed by atoms with van der Waals surface area (Å²) in [5, 5.41) is 3.32. The molecule has 106 valence electrons. The van der Waals surface area contributed by atoms with Gasteiger partial charge in [-0.15, -0.1) is 0 Å². The van der Waals surface area contributed by atoms with Crippen molar-refractivity contribution in [3.05, 3.63) is 29.8 Å². The molecule has 0 amide bonds. The average molecular weight is 269 g/mol. The maximum Gasteiger partial charge on any atom is 0.165 e. The van der Waals surface area contributed by atoms with Crippen molar-refractivity contribution in [2.75, 3.05) is 19.7 Å². The topological polar surface area (TPSA) is 21.3 Å². The molecule has 1 aromatic rings. The van der Waals surface area contributed by atoms with Crippen LogP contribution in [0.4, 0.5) is 8.78 Å². The van der Waals surface area contributed by atoms with Crippen LogP contribution in [0, 0.1) is 17.6 Å². The van der Waals surface area contributed by atoms with Gasteiger partial charge in [0, 0.05) is 12.6 Å². The fraction of sp³-hybridized carbons (Fsp3) is 0.600. The van der Waals surface area contributed by atoms with E-state index in [0.717, 1.165) is 30.7 Å². The molecular formula is C15H21F2NO. The van der Waals surface area contributed by atoms with E-state index in [9.17, 15) is 8.78 Å². The third-order valence-electron chi connectivity index (χ3n) is 3.59. The first-order valence-corrected chi connectivity index (χ1v) is 7.04. The van der Waals surface area contributed by atoms with Gasteiger partial charge in [-0.2, -0.15) is 0 Å². The lowest BCUT2D eigenvalue weighted by Gasteiger charge is -2.21. The van der Waals surface area contributed by atoms with Gasteiger partial charge in [-0.25, -0.2) is 8.78 Å². The van der Waals surface area contributed by atoms with Gasteiger partial charge in [-0.3, -0.25) is 0 Å². The van der Waals surface area contributed by atoms with Gasteiger partial charge in [0.25, 0.3) is 0 Å². The van der Waals surface area contributed by atoms with E-state index in [0.29, 0.717) is 13.2 Å². The molecule has 0 aliphatic heterocycles. The molecule has 4 heteroatoms. The van der Waals surface area contributed by atoms with Gasteiger partial charge < -0.3 is 10.1 Å². The molecule has 1 aromatic carbocycles. The largest absolute Gasteiger partial charge is 0.489 e. The standard InChI is InChI=1S/C15H21F2NO/c16-13-6-7-14(17)15(10-13)19-9-8-18-11-12-4-2-1-3-5-12/h6-7,10,12,18H,1-5,8-9,11H2. The summed E-state index contributed by atoms with van der Waals surface area (Å²) in [4.78, 5) is 0. The summed E-state index contributed by atoms with van der Waals surface area (Å²) >= 11 is 0. The molecule has 0 unspecified atom stereocenters. The zero-order valence-corrected chi connectivity index (χ0v) is 11.1. The number of benzene rings is 1. The number of hydrogen-bond donors (Lipinski definition) is 1. The van der Waals surface area contributed by atoms with Crippen molar-refractivity contribution in [2.45, 2.75) is 32.1 Å². The van der Waals surface area contributed by atoms with Crippen LogP contribution >= 0.6 is 0 Å². The molecule has 0 radical (unpaired) electrons. The molecule has 1 aliphatic carbocycles. The van der Waals surface area contributed by atoms with Crippen molar-refractivity contribution in [3.63, 3.8) is 0 Å². The number of hydrogen-bond acceptors (Lipinski definition) is 2. The van der Waals surface area contributed by atoms with Crippen molar-refractivity contribution in [2.24, 2.45) is 5.92 Å². The van der Waals surface area contributed by atoms with Gasteiger partial charge >= 0.3 is 0 Å². The quantitative estimate of drug-likeness (QED) is 0.798. The minimum Gasteiger partial charge on any atom is -0.489 e. The number of rotatable bonds is 6. The van der Waals surface area contributed by atoms with Crippen LogP contribution in [0.25, 0.3) is 0 Å². The Morgan fingerprint density at radius 2 is 1.95 bits per heavy atom. The van der Waals surface area contributed by atoms with Crippen LogP contribution in [-0.4, -0.2) is 19.7 Å². The van der Waals surface area contributed by atoms with Gasteiger partial charge in [-0.1, -0.05) is 19.3 Å². The molecule has 1 fully saturated rings. The summed E-state index contributed by atoms with van der Waals surface area (Å²) in [6.45, 7) is 2.01. The first-order valence-electron chi connectivity index (χ1n) is 7.04. The van der Waals surface area contributed by atoms with Gasteiger partial charge in [0.05, 0.1) is 0 Å². The highest BCUT2D eigenvalue weighted by Gasteiger charge is 2.12. The highest BCUT2D eigenvalue weighted by molar-refractivity contribution is 5.24. The highest BCUT2D eigenvalue weighted by Crippen LogP contribution is 2.22. The summed E-state index contributed by atoms with van der Waals surface area (Å²) in [5.41, 5.74) is 0. The van der Waals surface area contributed by atoms with Gasteiger partial charge in [-0.05, 0) is 37.4 Å². The lowest BCUT2D eigenvalue weighted by molar-refractivity contribution is 0.283. The van der Waals surface area contributed by atoms with E-state index in [1.54, 1.807) is 0 Å². The molecule has 19 heavy (non-hydrogen) atoms. The zero-order chi connectivity index (χ0) is 13.5. The van der Waals surface area contributed by atoms with E-state index >= 15 is 0 Å². The highest BCUT2D eigenvalue weighted by atomic mass is 19.1. The Balaban J connectivity index is 1.62. The van der Waals surface area contributed by atoms with Crippen LogP contribution in [0.15, 0.2) is 18.2 Å². The molecule has 0 spiro atoms. The lowest BCUT2D eigenvalue weighted by Crippen LogP contribution is -2.28. The molecule has 2 rings (SSSR count). The molecule has 1 aliphatic rings. The molecule has 0 heterocycles. The Bertz CT molecular complexity index is 392. The second-order valence-electron chi connectivity index (χ2n) is 5.13. The second kappa shape index (κ2) is 7.43. The smallest absolute Gasteiger partial charge is 0.165 e. The van der Waals surface area contributed by atoms with Crippen LogP contribution in [0.3, 0.4) is 0 Å². The first kappa shape index (κ1) is 14.3. The van der Waals surface area contributed by atoms with Crippen molar-refractivity contribution in [1.29, 1.82) is 0 Å². The molecule has 2 nitrogen and oxygen atoms in total. The third-order valence-corrected chi connectivity index (χ3v) is 3.59. The number of nitrogens with one attached hydrogen (secondary N) is 1. The summed E-state index contributed by atoms with van der Waals surface area (Å²) < 4.78 is 31.4. The van der Waals surface area contributed by atoms with Crippen molar-refractivity contribution in [3.8, 4) is 5.75 Å². The van der Waals surface area contributed by atoms with Crippen molar-refractivity contribution in [1.82, 2.24) is 5.32 Å². The predicted molar refractivity (Wildman–Crippen MR) is 71.3 cm³/mol. The van der Waals surface area contributed by atoms with E-state index < -0.39 is 11.6 Å². The average Bonchev–Trinajstić information content (AvgIpc) is 2.43. The number of ether oxygens (including phenoxy) is 1. The van der Waals surface area contributed by atoms with E-state index in [1.807, 2.05) is 0 Å². The van der Waals surface area contributed by atoms with Crippen LogP contribution in [0.5, 0.6) is 5.75 Å². The molecule has 1 saturated carbocycles. The van der Waals surface area contributed by atoms with Gasteiger partial charge in [0.1, 0.15) is 12.4 Å². The molecule has 1 N–H and O–H groups in total. The Kier molecular flexibility index (Phi) is 5.58. The minimum atomic E-state index is -0.520. The monoisotopic (exact) mass is 269 g/mol. The number of halogens is 2. The SMILES string of the molecule is Fc1ccc(F)c(OCCNCC2CCCCC2)c1. The fourth-order valence-corrected chi connectivity index (χ4v) is 2.52.